The molecule has 5 nitrogen and oxygen atoms in total. The molecule has 1 atom stereocenters. The van der Waals surface area contributed by atoms with Crippen LogP contribution in [0.4, 0.5) is 0 Å². The molecule has 2 heterocycles. The highest BCUT2D eigenvalue weighted by Gasteiger charge is 2.30. The fourth-order valence-corrected chi connectivity index (χ4v) is 2.49. The SMILES string of the molecule is CC(=O)CC1CCCN1C(=O)c1ccn(C)c(=O)c1. The number of carbonyl (C=O) groups excluding carboxylic acids is 2. The first-order valence-corrected chi connectivity index (χ1v) is 6.46. The molecule has 1 aromatic rings. The largest absolute Gasteiger partial charge is 0.335 e. The van der Waals surface area contributed by atoms with Gasteiger partial charge in [0.15, 0.2) is 0 Å². The van der Waals surface area contributed by atoms with Crippen LogP contribution in [0.1, 0.15) is 36.5 Å². The molecule has 5 heteroatoms. The molecule has 0 saturated carbocycles. The van der Waals surface area contributed by atoms with Crippen molar-refractivity contribution in [2.24, 2.45) is 7.05 Å². The molecule has 0 spiro atoms. The van der Waals surface area contributed by atoms with Crippen LogP contribution < -0.4 is 5.56 Å². The highest BCUT2D eigenvalue weighted by molar-refractivity contribution is 5.94. The highest BCUT2D eigenvalue weighted by Crippen LogP contribution is 2.22. The molecule has 0 aromatic carbocycles. The second-order valence-electron chi connectivity index (χ2n) is 5.07. The Morgan fingerprint density at radius 3 is 2.79 bits per heavy atom. The van der Waals surface area contributed by atoms with Crippen LogP contribution in [0.25, 0.3) is 0 Å². The lowest BCUT2D eigenvalue weighted by Gasteiger charge is -2.24. The number of rotatable bonds is 3. The summed E-state index contributed by atoms with van der Waals surface area (Å²) in [5.74, 6) is -0.0601. The van der Waals surface area contributed by atoms with Crippen LogP contribution in [0.3, 0.4) is 0 Å². The van der Waals surface area contributed by atoms with Crippen LogP contribution in [0.2, 0.25) is 0 Å². The number of pyridine rings is 1. The van der Waals surface area contributed by atoms with Crippen molar-refractivity contribution in [2.75, 3.05) is 6.54 Å². The van der Waals surface area contributed by atoms with Crippen LogP contribution >= 0.6 is 0 Å². The third-order valence-electron chi connectivity index (χ3n) is 3.51. The van der Waals surface area contributed by atoms with Gasteiger partial charge in [-0.15, -0.1) is 0 Å². The summed E-state index contributed by atoms with van der Waals surface area (Å²) in [6.45, 7) is 2.20. The lowest BCUT2D eigenvalue weighted by atomic mass is 10.1. The van der Waals surface area contributed by atoms with Gasteiger partial charge in [0.05, 0.1) is 0 Å². The van der Waals surface area contributed by atoms with Crippen molar-refractivity contribution in [3.63, 3.8) is 0 Å². The fourth-order valence-electron chi connectivity index (χ4n) is 2.49. The van der Waals surface area contributed by atoms with Gasteiger partial charge < -0.3 is 9.47 Å². The van der Waals surface area contributed by atoms with Gasteiger partial charge in [0, 0.05) is 43.9 Å². The molecule has 0 N–H and O–H groups in total. The average molecular weight is 262 g/mol. The summed E-state index contributed by atoms with van der Waals surface area (Å²) in [5, 5.41) is 0. The number of ketones is 1. The molecule has 0 aliphatic carbocycles. The fraction of sp³-hybridized carbons (Fsp3) is 0.500. The summed E-state index contributed by atoms with van der Waals surface area (Å²) in [6, 6.07) is 2.98. The predicted molar refractivity (Wildman–Crippen MR) is 71.0 cm³/mol. The molecule has 1 saturated heterocycles. The quantitative estimate of drug-likeness (QED) is 0.815. The Kier molecular flexibility index (Phi) is 3.83. The Morgan fingerprint density at radius 2 is 2.16 bits per heavy atom. The Balaban J connectivity index is 2.20. The van der Waals surface area contributed by atoms with E-state index in [-0.39, 0.29) is 23.3 Å². The minimum Gasteiger partial charge on any atom is -0.335 e. The Labute approximate surface area is 111 Å². The van der Waals surface area contributed by atoms with Gasteiger partial charge in [-0.3, -0.25) is 14.4 Å². The van der Waals surface area contributed by atoms with Gasteiger partial charge in [0.1, 0.15) is 5.78 Å². The van der Waals surface area contributed by atoms with Gasteiger partial charge >= 0.3 is 0 Å². The second kappa shape index (κ2) is 5.38. The summed E-state index contributed by atoms with van der Waals surface area (Å²) >= 11 is 0. The Hall–Kier alpha value is -1.91. The number of amides is 1. The van der Waals surface area contributed by atoms with Gasteiger partial charge in [0.25, 0.3) is 11.5 Å². The molecule has 0 bridgehead atoms. The monoisotopic (exact) mass is 262 g/mol. The van der Waals surface area contributed by atoms with Crippen molar-refractivity contribution < 1.29 is 9.59 Å². The van der Waals surface area contributed by atoms with Crippen molar-refractivity contribution in [1.29, 1.82) is 0 Å². The van der Waals surface area contributed by atoms with E-state index in [4.69, 9.17) is 0 Å². The van der Waals surface area contributed by atoms with E-state index in [0.29, 0.717) is 18.5 Å². The van der Waals surface area contributed by atoms with Crippen LogP contribution in [0.15, 0.2) is 23.1 Å². The summed E-state index contributed by atoms with van der Waals surface area (Å²) in [5.41, 5.74) is 0.201. The Morgan fingerprint density at radius 1 is 1.42 bits per heavy atom. The van der Waals surface area contributed by atoms with E-state index in [1.54, 1.807) is 31.1 Å². The lowest BCUT2D eigenvalue weighted by molar-refractivity contribution is -0.117. The number of hydrogen-bond acceptors (Lipinski definition) is 3. The zero-order valence-electron chi connectivity index (χ0n) is 11.3. The lowest BCUT2D eigenvalue weighted by Crippen LogP contribution is -2.37. The topological polar surface area (TPSA) is 59.4 Å². The molecule has 1 amide bonds. The van der Waals surface area contributed by atoms with Gasteiger partial charge in [-0.1, -0.05) is 0 Å². The first-order chi connectivity index (χ1) is 8.99. The first kappa shape index (κ1) is 13.5. The smallest absolute Gasteiger partial charge is 0.254 e. The van der Waals surface area contributed by atoms with Gasteiger partial charge in [-0.05, 0) is 25.8 Å². The molecular weight excluding hydrogens is 244 g/mol. The first-order valence-electron chi connectivity index (χ1n) is 6.46. The molecule has 2 rings (SSSR count). The van der Waals surface area contributed by atoms with Crippen molar-refractivity contribution in [3.05, 3.63) is 34.2 Å². The standard InChI is InChI=1S/C14H18N2O3/c1-10(17)8-12-4-3-6-16(12)14(19)11-5-7-15(2)13(18)9-11/h5,7,9,12H,3-4,6,8H2,1-2H3. The summed E-state index contributed by atoms with van der Waals surface area (Å²) in [6.07, 6.45) is 3.76. The molecule has 1 aliphatic heterocycles. The van der Waals surface area contributed by atoms with Crippen LogP contribution in [0, 0.1) is 0 Å². The number of aromatic nitrogens is 1. The molecular formula is C14H18N2O3. The van der Waals surface area contributed by atoms with E-state index >= 15 is 0 Å². The summed E-state index contributed by atoms with van der Waals surface area (Å²) in [4.78, 5) is 36.9. The maximum atomic E-state index is 12.4. The molecule has 1 fully saturated rings. The minimum absolute atomic E-state index is 0.0194. The van der Waals surface area contributed by atoms with Crippen molar-refractivity contribution >= 4 is 11.7 Å². The third-order valence-corrected chi connectivity index (χ3v) is 3.51. The zero-order chi connectivity index (χ0) is 14.0. The maximum Gasteiger partial charge on any atom is 0.254 e. The number of aryl methyl sites for hydroxylation is 1. The summed E-state index contributed by atoms with van der Waals surface area (Å²) < 4.78 is 1.42. The van der Waals surface area contributed by atoms with E-state index in [9.17, 15) is 14.4 Å². The number of Topliss-reactive ketones (excluding diaryl/α,β-unsaturated/α-hetero) is 1. The second-order valence-corrected chi connectivity index (χ2v) is 5.07. The molecule has 102 valence electrons. The number of hydrogen-bond donors (Lipinski definition) is 0. The van der Waals surface area contributed by atoms with Gasteiger partial charge in [0.2, 0.25) is 0 Å². The molecule has 0 radical (unpaired) electrons. The van der Waals surface area contributed by atoms with Gasteiger partial charge in [-0.25, -0.2) is 0 Å². The maximum absolute atomic E-state index is 12.4. The van der Waals surface area contributed by atoms with E-state index in [2.05, 4.69) is 0 Å². The molecule has 1 unspecified atom stereocenters. The Bertz CT molecular complexity index is 562. The van der Waals surface area contributed by atoms with Crippen molar-refractivity contribution in [1.82, 2.24) is 9.47 Å². The summed E-state index contributed by atoms with van der Waals surface area (Å²) in [7, 11) is 1.64. The molecule has 1 aromatic heterocycles. The van der Waals surface area contributed by atoms with Gasteiger partial charge in [-0.2, -0.15) is 0 Å². The van der Waals surface area contributed by atoms with Crippen LogP contribution in [0.5, 0.6) is 0 Å². The van der Waals surface area contributed by atoms with E-state index < -0.39 is 0 Å². The normalized spacial score (nSPS) is 18.6. The van der Waals surface area contributed by atoms with E-state index in [0.717, 1.165) is 12.8 Å². The van der Waals surface area contributed by atoms with Crippen LogP contribution in [-0.4, -0.2) is 33.7 Å². The number of carbonyl (C=O) groups is 2. The predicted octanol–water partition coefficient (Wildman–Crippen LogP) is 0.969. The zero-order valence-corrected chi connectivity index (χ0v) is 11.3. The van der Waals surface area contributed by atoms with E-state index in [1.165, 1.54) is 10.6 Å². The molecule has 1 aliphatic rings. The average Bonchev–Trinajstić information content (AvgIpc) is 2.79. The third kappa shape index (κ3) is 2.92. The molecule has 19 heavy (non-hydrogen) atoms. The minimum atomic E-state index is -0.201. The highest BCUT2D eigenvalue weighted by atomic mass is 16.2. The van der Waals surface area contributed by atoms with E-state index in [1.807, 2.05) is 0 Å². The van der Waals surface area contributed by atoms with Crippen molar-refractivity contribution in [3.8, 4) is 0 Å². The number of likely N-dealkylation sites (tertiary alicyclic amines) is 1. The number of nitrogens with zero attached hydrogens (tertiary/aromatic N) is 2. The van der Waals surface area contributed by atoms with Crippen LogP contribution in [-0.2, 0) is 11.8 Å². The van der Waals surface area contributed by atoms with Crippen molar-refractivity contribution in [2.45, 2.75) is 32.2 Å².